The summed E-state index contributed by atoms with van der Waals surface area (Å²) in [4.78, 5) is 19.0. The summed E-state index contributed by atoms with van der Waals surface area (Å²) in [5.74, 6) is 2.58. The zero-order chi connectivity index (χ0) is 21.1. The van der Waals surface area contributed by atoms with Crippen LogP contribution in [0.25, 0.3) is 11.5 Å². The van der Waals surface area contributed by atoms with Crippen LogP contribution >= 0.6 is 0 Å². The zero-order valence-electron chi connectivity index (χ0n) is 17.1. The molecule has 30 heavy (non-hydrogen) atoms. The third kappa shape index (κ3) is 3.68. The van der Waals surface area contributed by atoms with Gasteiger partial charge in [0.15, 0.2) is 5.82 Å². The number of anilines is 1. The Morgan fingerprint density at radius 3 is 2.73 bits per heavy atom. The van der Waals surface area contributed by atoms with Crippen LogP contribution in [0.3, 0.4) is 0 Å². The minimum absolute atomic E-state index is 0.000492. The van der Waals surface area contributed by atoms with E-state index in [9.17, 15) is 4.79 Å². The molecule has 0 saturated carbocycles. The predicted octanol–water partition coefficient (Wildman–Crippen LogP) is 3.67. The van der Waals surface area contributed by atoms with Crippen LogP contribution in [-0.4, -0.2) is 43.4 Å². The van der Waals surface area contributed by atoms with E-state index in [2.05, 4.69) is 10.1 Å². The summed E-state index contributed by atoms with van der Waals surface area (Å²) in [7, 11) is 3.16. The number of hydrogen-bond donors (Lipinski definition) is 0. The van der Waals surface area contributed by atoms with Crippen molar-refractivity contribution in [2.45, 2.75) is 19.3 Å². The smallest absolute Gasteiger partial charge is 0.261 e. The van der Waals surface area contributed by atoms with Crippen molar-refractivity contribution in [3.8, 4) is 28.7 Å². The van der Waals surface area contributed by atoms with Gasteiger partial charge in [0, 0.05) is 24.9 Å². The normalized spacial score (nSPS) is 16.0. The lowest BCUT2D eigenvalue weighted by molar-refractivity contribution is -0.117. The first kappa shape index (κ1) is 19.8. The number of amides is 1. The maximum Gasteiger partial charge on any atom is 0.261 e. The van der Waals surface area contributed by atoms with Crippen molar-refractivity contribution in [3.05, 3.63) is 48.3 Å². The average Bonchev–Trinajstić information content (AvgIpc) is 3.41. The fourth-order valence-corrected chi connectivity index (χ4v) is 3.56. The first-order chi connectivity index (χ1) is 14.6. The van der Waals surface area contributed by atoms with Crippen LogP contribution in [0.15, 0.2) is 47.0 Å². The van der Waals surface area contributed by atoms with Crippen molar-refractivity contribution in [1.29, 1.82) is 0 Å². The van der Waals surface area contributed by atoms with E-state index < -0.39 is 0 Å². The number of hydrogen-bond acceptors (Lipinski definition) is 7. The number of benzene rings is 2. The van der Waals surface area contributed by atoms with Gasteiger partial charge < -0.3 is 23.6 Å². The number of para-hydroxylation sites is 2. The van der Waals surface area contributed by atoms with E-state index in [1.54, 1.807) is 37.3 Å². The van der Waals surface area contributed by atoms with Crippen LogP contribution in [0, 0.1) is 0 Å². The van der Waals surface area contributed by atoms with Crippen LogP contribution < -0.4 is 19.1 Å². The Bertz CT molecular complexity index is 1050. The monoisotopic (exact) mass is 409 g/mol. The maximum absolute atomic E-state index is 12.7. The van der Waals surface area contributed by atoms with Crippen molar-refractivity contribution in [3.63, 3.8) is 0 Å². The first-order valence-electron chi connectivity index (χ1n) is 9.72. The van der Waals surface area contributed by atoms with Crippen molar-refractivity contribution in [2.24, 2.45) is 0 Å². The second-order valence-electron chi connectivity index (χ2n) is 6.83. The summed E-state index contributed by atoms with van der Waals surface area (Å²) >= 11 is 0. The Balaban J connectivity index is 1.58. The number of methoxy groups -OCH3 is 2. The van der Waals surface area contributed by atoms with E-state index in [0.717, 1.165) is 5.69 Å². The highest BCUT2D eigenvalue weighted by atomic mass is 16.5. The molecule has 8 nitrogen and oxygen atoms in total. The molecule has 0 bridgehead atoms. The molecular weight excluding hydrogens is 386 g/mol. The summed E-state index contributed by atoms with van der Waals surface area (Å²) in [6, 6.07) is 12.9. The van der Waals surface area contributed by atoms with Crippen molar-refractivity contribution < 1.29 is 23.5 Å². The molecule has 156 valence electrons. The zero-order valence-corrected chi connectivity index (χ0v) is 17.1. The van der Waals surface area contributed by atoms with E-state index in [-0.39, 0.29) is 11.8 Å². The van der Waals surface area contributed by atoms with Crippen LogP contribution in [-0.2, 0) is 4.79 Å². The van der Waals surface area contributed by atoms with Gasteiger partial charge in [0.2, 0.25) is 5.91 Å². The molecule has 0 spiro atoms. The van der Waals surface area contributed by atoms with Crippen molar-refractivity contribution >= 4 is 11.6 Å². The van der Waals surface area contributed by atoms with Crippen molar-refractivity contribution in [1.82, 2.24) is 10.1 Å². The minimum Gasteiger partial charge on any atom is -0.497 e. The number of aromatic nitrogens is 2. The Morgan fingerprint density at radius 2 is 1.97 bits per heavy atom. The standard InChI is InChI=1S/C22H23N3O5/c1-4-29-18-8-6-5-7-17(18)25-13-14(11-20(25)26)21-23-22(30-24-21)16-10-9-15(27-2)12-19(16)28-3/h5-10,12,14H,4,11,13H2,1-3H3. The highest BCUT2D eigenvalue weighted by Crippen LogP contribution is 2.37. The first-order valence-corrected chi connectivity index (χ1v) is 9.72. The second kappa shape index (κ2) is 8.44. The van der Waals surface area contributed by atoms with E-state index in [0.29, 0.717) is 54.1 Å². The highest BCUT2D eigenvalue weighted by Gasteiger charge is 2.36. The fourth-order valence-electron chi connectivity index (χ4n) is 3.56. The van der Waals surface area contributed by atoms with Gasteiger partial charge in [0.1, 0.15) is 17.2 Å². The molecule has 3 aromatic rings. The summed E-state index contributed by atoms with van der Waals surface area (Å²) in [5.41, 5.74) is 1.42. The van der Waals surface area contributed by atoms with Crippen LogP contribution in [0.2, 0.25) is 0 Å². The number of carbonyl (C=O) groups excluding carboxylic acids is 1. The summed E-state index contributed by atoms with van der Waals surface area (Å²) in [5, 5.41) is 4.13. The molecule has 2 heterocycles. The molecule has 1 aromatic heterocycles. The average molecular weight is 409 g/mol. The van der Waals surface area contributed by atoms with Gasteiger partial charge in [-0.05, 0) is 31.2 Å². The third-order valence-electron chi connectivity index (χ3n) is 5.03. The molecule has 1 saturated heterocycles. The van der Waals surface area contributed by atoms with Gasteiger partial charge in [-0.3, -0.25) is 4.79 Å². The maximum atomic E-state index is 12.7. The molecule has 4 rings (SSSR count). The molecule has 1 aliphatic rings. The van der Waals surface area contributed by atoms with Crippen LogP contribution in [0.5, 0.6) is 17.2 Å². The quantitative estimate of drug-likeness (QED) is 0.588. The summed E-state index contributed by atoms with van der Waals surface area (Å²) < 4.78 is 21.8. The number of carbonyl (C=O) groups is 1. The Kier molecular flexibility index (Phi) is 5.56. The van der Waals surface area contributed by atoms with Gasteiger partial charge in [0.25, 0.3) is 5.89 Å². The van der Waals surface area contributed by atoms with Crippen molar-refractivity contribution in [2.75, 3.05) is 32.3 Å². The van der Waals surface area contributed by atoms with Gasteiger partial charge in [-0.25, -0.2) is 0 Å². The number of nitrogens with zero attached hydrogens (tertiary/aromatic N) is 3. The summed E-state index contributed by atoms with van der Waals surface area (Å²) in [6.07, 6.45) is 0.305. The van der Waals surface area contributed by atoms with Gasteiger partial charge in [-0.1, -0.05) is 17.3 Å². The highest BCUT2D eigenvalue weighted by molar-refractivity contribution is 5.97. The van der Waals surface area contributed by atoms with E-state index in [4.69, 9.17) is 18.7 Å². The van der Waals surface area contributed by atoms with E-state index >= 15 is 0 Å². The molecule has 1 aliphatic heterocycles. The largest absolute Gasteiger partial charge is 0.497 e. The molecule has 1 amide bonds. The van der Waals surface area contributed by atoms with Crippen LogP contribution in [0.1, 0.15) is 25.1 Å². The molecule has 2 aromatic carbocycles. The Labute approximate surface area is 174 Å². The molecule has 0 aliphatic carbocycles. The van der Waals surface area contributed by atoms with Gasteiger partial charge >= 0.3 is 0 Å². The molecule has 1 unspecified atom stereocenters. The topological polar surface area (TPSA) is 86.9 Å². The molecule has 1 atom stereocenters. The third-order valence-corrected chi connectivity index (χ3v) is 5.03. The molecule has 0 N–H and O–H groups in total. The predicted molar refractivity (Wildman–Crippen MR) is 110 cm³/mol. The van der Waals surface area contributed by atoms with Crippen LogP contribution in [0.4, 0.5) is 5.69 Å². The van der Waals surface area contributed by atoms with Gasteiger partial charge in [-0.2, -0.15) is 4.98 Å². The molecular formula is C22H23N3O5. The Hall–Kier alpha value is -3.55. The number of rotatable bonds is 7. The lowest BCUT2D eigenvalue weighted by Gasteiger charge is -2.19. The van der Waals surface area contributed by atoms with Gasteiger partial charge in [-0.15, -0.1) is 0 Å². The molecule has 8 heteroatoms. The van der Waals surface area contributed by atoms with E-state index in [1.165, 1.54) is 0 Å². The SMILES string of the molecule is CCOc1ccccc1N1CC(c2noc(-c3ccc(OC)cc3OC)n2)CC1=O. The molecule has 0 radical (unpaired) electrons. The lowest BCUT2D eigenvalue weighted by atomic mass is 10.1. The Morgan fingerprint density at radius 1 is 1.13 bits per heavy atom. The fraction of sp³-hybridized carbons (Fsp3) is 0.318. The van der Waals surface area contributed by atoms with Gasteiger partial charge in [0.05, 0.1) is 32.1 Å². The van der Waals surface area contributed by atoms with E-state index in [1.807, 2.05) is 31.2 Å². The number of ether oxygens (including phenoxy) is 3. The molecule has 1 fully saturated rings. The summed E-state index contributed by atoms with van der Waals surface area (Å²) in [6.45, 7) is 2.90. The second-order valence-corrected chi connectivity index (χ2v) is 6.83. The lowest BCUT2D eigenvalue weighted by Crippen LogP contribution is -2.25. The minimum atomic E-state index is -0.172.